The van der Waals surface area contributed by atoms with Crippen molar-refractivity contribution in [1.82, 2.24) is 19.4 Å². The molecule has 8 heteroatoms. The molecule has 0 unspecified atom stereocenters. The van der Waals surface area contributed by atoms with Gasteiger partial charge in [0.15, 0.2) is 5.65 Å². The molecule has 4 rings (SSSR count). The Morgan fingerprint density at radius 2 is 1.48 bits per heavy atom. The van der Waals surface area contributed by atoms with Crippen LogP contribution in [0.15, 0.2) is 62.9 Å². The number of aromatic amines is 2. The standard InChI is InChI=1S/C19H14N4O4/c1-10-17(25)22-16-15(24)11-6-2-4-8-13(11)21-19(27)23(16)18(26)12-7-3-5-9-14(12)20-10/h2-9,20,25H,1H3,(H,21,27). The Morgan fingerprint density at radius 3 is 2.19 bits per heavy atom. The van der Waals surface area contributed by atoms with Gasteiger partial charge in [-0.2, -0.15) is 4.98 Å². The lowest BCUT2D eigenvalue weighted by Crippen LogP contribution is -2.27. The van der Waals surface area contributed by atoms with Gasteiger partial charge in [0.2, 0.25) is 11.3 Å². The molecule has 0 fully saturated rings. The number of H-pyrrole nitrogens is 2. The van der Waals surface area contributed by atoms with Crippen molar-refractivity contribution >= 4 is 27.5 Å². The summed E-state index contributed by atoms with van der Waals surface area (Å²) in [5.74, 6) is -0.500. The molecule has 0 saturated carbocycles. The van der Waals surface area contributed by atoms with Crippen molar-refractivity contribution in [3.05, 3.63) is 85.3 Å². The van der Waals surface area contributed by atoms with Crippen molar-refractivity contribution < 1.29 is 5.11 Å². The van der Waals surface area contributed by atoms with Crippen LogP contribution >= 0.6 is 0 Å². The van der Waals surface area contributed by atoms with Crippen LogP contribution in [0.1, 0.15) is 5.69 Å². The van der Waals surface area contributed by atoms with Gasteiger partial charge in [0, 0.05) is 5.39 Å². The Labute approximate surface area is 150 Å². The number of para-hydroxylation sites is 2. The molecule has 134 valence electrons. The third-order valence-corrected chi connectivity index (χ3v) is 4.26. The zero-order chi connectivity index (χ0) is 19.1. The van der Waals surface area contributed by atoms with Crippen molar-refractivity contribution in [2.75, 3.05) is 0 Å². The van der Waals surface area contributed by atoms with Gasteiger partial charge < -0.3 is 15.1 Å². The van der Waals surface area contributed by atoms with E-state index in [2.05, 4.69) is 15.0 Å². The molecule has 4 aromatic rings. The Bertz CT molecular complexity index is 1460. The highest BCUT2D eigenvalue weighted by molar-refractivity contribution is 5.81. The molecular formula is C19H14N4O4. The maximum Gasteiger partial charge on any atom is 0.334 e. The predicted molar refractivity (Wildman–Crippen MR) is 102 cm³/mol. The largest absolute Gasteiger partial charge is 0.492 e. The Morgan fingerprint density at radius 1 is 0.889 bits per heavy atom. The summed E-state index contributed by atoms with van der Waals surface area (Å²) in [6, 6.07) is 12.8. The molecule has 0 aliphatic rings. The van der Waals surface area contributed by atoms with Crippen LogP contribution in [0.5, 0.6) is 5.88 Å². The van der Waals surface area contributed by atoms with Crippen LogP contribution in [0.4, 0.5) is 0 Å². The third kappa shape index (κ3) is 2.63. The van der Waals surface area contributed by atoms with Gasteiger partial charge in [-0.25, -0.2) is 9.20 Å². The zero-order valence-electron chi connectivity index (χ0n) is 14.2. The zero-order valence-corrected chi connectivity index (χ0v) is 14.2. The molecule has 2 aromatic heterocycles. The fourth-order valence-electron chi connectivity index (χ4n) is 2.91. The van der Waals surface area contributed by atoms with E-state index in [1.165, 1.54) is 12.1 Å². The number of aromatic nitrogens is 4. The molecule has 0 aliphatic carbocycles. The van der Waals surface area contributed by atoms with Crippen LogP contribution in [-0.2, 0) is 0 Å². The van der Waals surface area contributed by atoms with Gasteiger partial charge in [-0.15, -0.1) is 0 Å². The second-order valence-electron chi connectivity index (χ2n) is 6.00. The molecule has 8 nitrogen and oxygen atoms in total. The lowest BCUT2D eigenvalue weighted by Gasteiger charge is -1.94. The molecular weight excluding hydrogens is 348 g/mol. The van der Waals surface area contributed by atoms with Crippen LogP contribution in [-0.4, -0.2) is 24.5 Å². The minimum absolute atomic E-state index is 0.160. The minimum Gasteiger partial charge on any atom is -0.492 e. The van der Waals surface area contributed by atoms with E-state index >= 15 is 0 Å². The number of aromatic hydroxyl groups is 1. The van der Waals surface area contributed by atoms with E-state index in [9.17, 15) is 19.5 Å². The molecule has 0 radical (unpaired) electrons. The molecule has 0 bridgehead atoms. The van der Waals surface area contributed by atoms with Gasteiger partial charge in [0.25, 0.3) is 5.56 Å². The van der Waals surface area contributed by atoms with Crippen molar-refractivity contribution in [2.24, 2.45) is 0 Å². The maximum atomic E-state index is 13.1. The van der Waals surface area contributed by atoms with Crippen LogP contribution in [0.25, 0.3) is 27.5 Å². The second-order valence-corrected chi connectivity index (χ2v) is 6.00. The van der Waals surface area contributed by atoms with Crippen molar-refractivity contribution in [3.8, 4) is 5.88 Å². The summed E-state index contributed by atoms with van der Waals surface area (Å²) in [5, 5.41) is 10.6. The van der Waals surface area contributed by atoms with E-state index in [0.29, 0.717) is 9.92 Å². The maximum absolute atomic E-state index is 13.1. The first-order chi connectivity index (χ1) is 13.0. The van der Waals surface area contributed by atoms with Gasteiger partial charge in [0.05, 0.1) is 22.1 Å². The Hall–Kier alpha value is -3.94. The molecule has 0 spiro atoms. The van der Waals surface area contributed by atoms with Gasteiger partial charge in [0.1, 0.15) is 0 Å². The molecule has 2 aromatic carbocycles. The van der Waals surface area contributed by atoms with E-state index in [-0.39, 0.29) is 22.0 Å². The number of rotatable bonds is 0. The van der Waals surface area contributed by atoms with Gasteiger partial charge >= 0.3 is 5.69 Å². The highest BCUT2D eigenvalue weighted by atomic mass is 16.3. The average Bonchev–Trinajstić information content (AvgIpc) is 2.73. The van der Waals surface area contributed by atoms with Crippen LogP contribution < -0.4 is 16.7 Å². The number of nitrogens with one attached hydrogen (secondary N) is 2. The number of fused-ring (bicyclic) bond motifs is 3. The van der Waals surface area contributed by atoms with Crippen LogP contribution in [0.2, 0.25) is 0 Å². The summed E-state index contributed by atoms with van der Waals surface area (Å²) in [7, 11) is 0. The SMILES string of the molecule is Cc1[nH]c2ccccc2c(=O)n2c(=O)[nH]c3ccccc3c(=O)c2nc1O. The Kier molecular flexibility index (Phi) is 3.73. The summed E-state index contributed by atoms with van der Waals surface area (Å²) in [6.07, 6.45) is 0. The summed E-state index contributed by atoms with van der Waals surface area (Å²) < 4.78 is 0.650. The summed E-state index contributed by atoms with van der Waals surface area (Å²) in [4.78, 5) is 48.3. The number of hydrogen-bond acceptors (Lipinski definition) is 5. The smallest absolute Gasteiger partial charge is 0.334 e. The number of aryl methyl sites for hydroxylation is 1. The van der Waals surface area contributed by atoms with E-state index in [4.69, 9.17) is 0 Å². The van der Waals surface area contributed by atoms with E-state index < -0.39 is 28.2 Å². The molecule has 0 atom stereocenters. The predicted octanol–water partition coefficient (Wildman–Crippen LogP) is 1.52. The minimum atomic E-state index is -0.834. The first-order valence-corrected chi connectivity index (χ1v) is 8.11. The first-order valence-electron chi connectivity index (χ1n) is 8.11. The molecule has 2 heterocycles. The summed E-state index contributed by atoms with van der Waals surface area (Å²) in [5.41, 5.74) is -1.83. The van der Waals surface area contributed by atoms with Crippen molar-refractivity contribution in [2.45, 2.75) is 6.92 Å². The summed E-state index contributed by atoms with van der Waals surface area (Å²) in [6.45, 7) is 1.55. The van der Waals surface area contributed by atoms with Gasteiger partial charge in [-0.05, 0) is 31.2 Å². The molecule has 0 aliphatic heterocycles. The van der Waals surface area contributed by atoms with Gasteiger partial charge in [-0.3, -0.25) is 9.59 Å². The number of hydrogen-bond donors (Lipinski definition) is 3. The molecule has 3 N–H and O–H groups in total. The van der Waals surface area contributed by atoms with Crippen LogP contribution in [0, 0.1) is 6.92 Å². The average molecular weight is 362 g/mol. The molecule has 0 amide bonds. The highest BCUT2D eigenvalue weighted by Gasteiger charge is 2.10. The first kappa shape index (κ1) is 16.5. The topological polar surface area (TPSA) is 120 Å². The lowest BCUT2D eigenvalue weighted by molar-refractivity contribution is 0.448. The highest BCUT2D eigenvalue weighted by Crippen LogP contribution is 2.11. The normalized spacial score (nSPS) is 11.0. The van der Waals surface area contributed by atoms with E-state index in [0.717, 1.165) is 0 Å². The van der Waals surface area contributed by atoms with Crippen molar-refractivity contribution in [1.29, 1.82) is 0 Å². The second kappa shape index (κ2) is 6.10. The van der Waals surface area contributed by atoms with Crippen molar-refractivity contribution in [3.63, 3.8) is 0 Å². The van der Waals surface area contributed by atoms with Gasteiger partial charge in [-0.1, -0.05) is 24.3 Å². The lowest BCUT2D eigenvalue weighted by atomic mass is 10.2. The third-order valence-electron chi connectivity index (χ3n) is 4.26. The van der Waals surface area contributed by atoms with E-state index in [1.807, 2.05) is 0 Å². The quantitative estimate of drug-likeness (QED) is 0.438. The number of benzene rings is 2. The molecule has 27 heavy (non-hydrogen) atoms. The fraction of sp³-hybridized carbons (Fsp3) is 0.0526. The monoisotopic (exact) mass is 362 g/mol. The summed E-state index contributed by atoms with van der Waals surface area (Å²) >= 11 is 0. The van der Waals surface area contributed by atoms with Crippen LogP contribution in [0.3, 0.4) is 0 Å². The Balaban J connectivity index is 2.53. The van der Waals surface area contributed by atoms with E-state index in [1.54, 1.807) is 43.3 Å². The molecule has 0 saturated heterocycles. The fourth-order valence-corrected chi connectivity index (χ4v) is 2.91. The number of nitrogens with zero attached hydrogens (tertiary/aromatic N) is 2.